The molecule has 1 aromatic carbocycles. The molecule has 0 radical (unpaired) electrons. The monoisotopic (exact) mass is 427 g/mol. The Hall–Kier alpha value is -3.30. The first-order chi connectivity index (χ1) is 14.5. The molecule has 8 nitrogen and oxygen atoms in total. The lowest BCUT2D eigenvalue weighted by atomic mass is 10.2. The van der Waals surface area contributed by atoms with E-state index in [1.54, 1.807) is 49.6 Å². The summed E-state index contributed by atoms with van der Waals surface area (Å²) in [6.07, 6.45) is 2.98. The normalized spacial score (nSPS) is 11.6. The average Bonchev–Trinajstić information content (AvgIpc) is 2.79. The molecule has 3 aromatic rings. The summed E-state index contributed by atoms with van der Waals surface area (Å²) in [5.74, 6) is 0.828. The summed E-state index contributed by atoms with van der Waals surface area (Å²) >= 11 is 0. The number of benzene rings is 1. The Morgan fingerprint density at radius 2 is 1.93 bits per heavy atom. The highest BCUT2D eigenvalue weighted by molar-refractivity contribution is 7.84. The molecule has 9 heteroatoms. The standard InChI is InChI=1S/C21H21N3O5S/c1-28-17-6-5-14(19(11-17)29-2)13-30(27)21-18(4-3-8-23-21)20(26)24-15-7-9-22-16(10-15)12-25/h3-11,25H,12-13H2,1-2H3,(H,22,24,26). The van der Waals surface area contributed by atoms with Crippen LogP contribution in [0.3, 0.4) is 0 Å². The zero-order chi connectivity index (χ0) is 21.5. The molecule has 0 fully saturated rings. The molecule has 0 bridgehead atoms. The number of pyridine rings is 2. The van der Waals surface area contributed by atoms with Crippen molar-refractivity contribution in [2.24, 2.45) is 0 Å². The van der Waals surface area contributed by atoms with Crippen molar-refractivity contribution in [2.75, 3.05) is 19.5 Å². The molecular weight excluding hydrogens is 406 g/mol. The van der Waals surface area contributed by atoms with E-state index in [0.29, 0.717) is 28.4 Å². The second-order valence-corrected chi connectivity index (χ2v) is 7.54. The van der Waals surface area contributed by atoms with Gasteiger partial charge in [0.1, 0.15) is 16.5 Å². The molecule has 0 saturated carbocycles. The van der Waals surface area contributed by atoms with Crippen molar-refractivity contribution >= 4 is 22.4 Å². The maximum atomic E-state index is 13.1. The topological polar surface area (TPSA) is 111 Å². The lowest BCUT2D eigenvalue weighted by Gasteiger charge is -2.12. The van der Waals surface area contributed by atoms with Crippen LogP contribution in [0.4, 0.5) is 5.69 Å². The number of aromatic nitrogens is 2. The van der Waals surface area contributed by atoms with Crippen LogP contribution in [0.25, 0.3) is 0 Å². The Labute approximate surface area is 176 Å². The molecule has 2 heterocycles. The minimum Gasteiger partial charge on any atom is -0.497 e. The zero-order valence-electron chi connectivity index (χ0n) is 16.5. The molecule has 2 N–H and O–H groups in total. The highest BCUT2D eigenvalue weighted by Gasteiger charge is 2.19. The van der Waals surface area contributed by atoms with Crippen LogP contribution in [0, 0.1) is 0 Å². The lowest BCUT2D eigenvalue weighted by Crippen LogP contribution is -2.16. The molecule has 1 amide bonds. The Morgan fingerprint density at radius 3 is 2.67 bits per heavy atom. The van der Waals surface area contributed by atoms with E-state index in [-0.39, 0.29) is 22.9 Å². The van der Waals surface area contributed by atoms with Gasteiger partial charge < -0.3 is 19.9 Å². The number of anilines is 1. The number of ether oxygens (including phenoxy) is 2. The predicted octanol–water partition coefficient (Wildman–Crippen LogP) is 2.55. The van der Waals surface area contributed by atoms with Crippen LogP contribution in [-0.4, -0.2) is 39.4 Å². The fraction of sp³-hybridized carbons (Fsp3) is 0.190. The maximum absolute atomic E-state index is 13.1. The summed E-state index contributed by atoms with van der Waals surface area (Å²) in [5.41, 5.74) is 1.80. The first-order valence-electron chi connectivity index (χ1n) is 8.97. The van der Waals surface area contributed by atoms with E-state index in [2.05, 4.69) is 15.3 Å². The van der Waals surface area contributed by atoms with Crippen molar-refractivity contribution in [1.82, 2.24) is 9.97 Å². The molecule has 30 heavy (non-hydrogen) atoms. The van der Waals surface area contributed by atoms with Crippen molar-refractivity contribution in [3.63, 3.8) is 0 Å². The number of methoxy groups -OCH3 is 2. The van der Waals surface area contributed by atoms with Gasteiger partial charge >= 0.3 is 0 Å². The van der Waals surface area contributed by atoms with E-state index < -0.39 is 16.7 Å². The van der Waals surface area contributed by atoms with E-state index in [1.807, 2.05) is 0 Å². The van der Waals surface area contributed by atoms with Gasteiger partial charge in [-0.15, -0.1) is 0 Å². The smallest absolute Gasteiger partial charge is 0.258 e. The van der Waals surface area contributed by atoms with Crippen LogP contribution >= 0.6 is 0 Å². The van der Waals surface area contributed by atoms with Gasteiger partial charge in [0.15, 0.2) is 0 Å². The van der Waals surface area contributed by atoms with Crippen molar-refractivity contribution in [3.05, 3.63) is 71.7 Å². The molecule has 156 valence electrons. The number of nitrogens with one attached hydrogen (secondary N) is 1. The van der Waals surface area contributed by atoms with Crippen LogP contribution in [0.2, 0.25) is 0 Å². The minimum absolute atomic E-state index is 0.119. The van der Waals surface area contributed by atoms with Gasteiger partial charge in [0.05, 0.1) is 48.6 Å². The maximum Gasteiger partial charge on any atom is 0.258 e. The molecule has 2 aromatic heterocycles. The quantitative estimate of drug-likeness (QED) is 0.568. The number of carbonyl (C=O) groups is 1. The van der Waals surface area contributed by atoms with Crippen LogP contribution in [0.5, 0.6) is 11.5 Å². The zero-order valence-corrected chi connectivity index (χ0v) is 17.3. The summed E-state index contributed by atoms with van der Waals surface area (Å²) < 4.78 is 23.6. The Balaban J connectivity index is 1.84. The van der Waals surface area contributed by atoms with Crippen LogP contribution < -0.4 is 14.8 Å². The summed E-state index contributed by atoms with van der Waals surface area (Å²) in [5, 5.41) is 12.1. The third kappa shape index (κ3) is 5.00. The van der Waals surface area contributed by atoms with E-state index >= 15 is 0 Å². The molecule has 0 aliphatic carbocycles. The molecular formula is C21H21N3O5S. The number of rotatable bonds is 8. The van der Waals surface area contributed by atoms with Crippen molar-refractivity contribution in [2.45, 2.75) is 17.4 Å². The van der Waals surface area contributed by atoms with Gasteiger partial charge in [-0.05, 0) is 30.3 Å². The second-order valence-electron chi connectivity index (χ2n) is 6.17. The Kier molecular flexibility index (Phi) is 7.10. The van der Waals surface area contributed by atoms with Gasteiger partial charge in [0, 0.05) is 29.7 Å². The number of hydrogen-bond donors (Lipinski definition) is 2. The fourth-order valence-electron chi connectivity index (χ4n) is 2.77. The second kappa shape index (κ2) is 9.95. The third-order valence-electron chi connectivity index (χ3n) is 4.25. The highest BCUT2D eigenvalue weighted by atomic mass is 32.2. The van der Waals surface area contributed by atoms with Gasteiger partial charge in [-0.1, -0.05) is 6.07 Å². The van der Waals surface area contributed by atoms with Crippen LogP contribution in [-0.2, 0) is 23.2 Å². The van der Waals surface area contributed by atoms with Gasteiger partial charge in [-0.2, -0.15) is 0 Å². The Bertz CT molecular complexity index is 1070. The number of aliphatic hydroxyl groups is 1. The van der Waals surface area contributed by atoms with Crippen molar-refractivity contribution < 1.29 is 23.6 Å². The SMILES string of the molecule is COc1ccc(CS(=O)c2ncccc2C(=O)Nc2ccnc(CO)c2)c(OC)c1. The van der Waals surface area contributed by atoms with Crippen molar-refractivity contribution in [1.29, 1.82) is 0 Å². The van der Waals surface area contributed by atoms with E-state index in [9.17, 15) is 14.1 Å². The summed E-state index contributed by atoms with van der Waals surface area (Å²) in [7, 11) is 1.48. The average molecular weight is 427 g/mol. The molecule has 3 rings (SSSR count). The van der Waals surface area contributed by atoms with E-state index in [4.69, 9.17) is 9.47 Å². The van der Waals surface area contributed by atoms with Gasteiger partial charge in [-0.3, -0.25) is 14.0 Å². The predicted molar refractivity (Wildman–Crippen MR) is 112 cm³/mol. The first-order valence-corrected chi connectivity index (χ1v) is 10.3. The molecule has 1 unspecified atom stereocenters. The molecule has 0 aliphatic rings. The fourth-order valence-corrected chi connectivity index (χ4v) is 4.01. The third-order valence-corrected chi connectivity index (χ3v) is 5.58. The molecule has 0 spiro atoms. The Morgan fingerprint density at radius 1 is 1.10 bits per heavy atom. The van der Waals surface area contributed by atoms with E-state index in [1.165, 1.54) is 19.5 Å². The number of amides is 1. The van der Waals surface area contributed by atoms with Crippen molar-refractivity contribution in [3.8, 4) is 11.5 Å². The minimum atomic E-state index is -1.60. The highest BCUT2D eigenvalue weighted by Crippen LogP contribution is 2.27. The molecule has 0 aliphatic heterocycles. The number of carbonyl (C=O) groups excluding carboxylic acids is 1. The number of hydrogen-bond acceptors (Lipinski definition) is 7. The van der Waals surface area contributed by atoms with Crippen LogP contribution in [0.15, 0.2) is 59.9 Å². The van der Waals surface area contributed by atoms with Gasteiger partial charge in [-0.25, -0.2) is 4.98 Å². The lowest BCUT2D eigenvalue weighted by molar-refractivity contribution is 0.102. The number of aliphatic hydroxyl groups excluding tert-OH is 1. The summed E-state index contributed by atoms with van der Waals surface area (Å²) in [6.45, 7) is -0.241. The molecule has 0 saturated heterocycles. The summed E-state index contributed by atoms with van der Waals surface area (Å²) in [4.78, 5) is 20.9. The summed E-state index contributed by atoms with van der Waals surface area (Å²) in [6, 6.07) is 11.6. The largest absolute Gasteiger partial charge is 0.497 e. The first kappa shape index (κ1) is 21.4. The van der Waals surface area contributed by atoms with Crippen LogP contribution in [0.1, 0.15) is 21.6 Å². The molecule has 1 atom stereocenters. The van der Waals surface area contributed by atoms with E-state index in [0.717, 1.165) is 0 Å². The van der Waals surface area contributed by atoms with Gasteiger partial charge in [0.25, 0.3) is 5.91 Å². The van der Waals surface area contributed by atoms with Gasteiger partial charge in [0.2, 0.25) is 0 Å². The number of nitrogens with zero attached hydrogens (tertiary/aromatic N) is 2.